The minimum atomic E-state index is -1.05. The number of hydrogen-bond donors (Lipinski definition) is 6. The van der Waals surface area contributed by atoms with Gasteiger partial charge in [-0.2, -0.15) is 0 Å². The molecule has 23 heteroatoms. The van der Waals surface area contributed by atoms with E-state index in [2.05, 4.69) is 41.7 Å². The van der Waals surface area contributed by atoms with Crippen LogP contribution in [0.25, 0.3) is 0 Å². The molecule has 0 unspecified atom stereocenters. The lowest BCUT2D eigenvalue weighted by Gasteiger charge is -2.36. The fraction of sp³-hybridized carbons (Fsp3) is 0.500. The molecule has 23 nitrogen and oxygen atoms in total. The first kappa shape index (κ1) is 67.7. The number of amides is 8. The summed E-state index contributed by atoms with van der Waals surface area (Å²) in [7, 11) is 0. The van der Waals surface area contributed by atoms with Crippen LogP contribution in [0.4, 0.5) is 30.6 Å². The van der Waals surface area contributed by atoms with Gasteiger partial charge in [0.15, 0.2) is 0 Å². The zero-order valence-electron chi connectivity index (χ0n) is 51.2. The third kappa shape index (κ3) is 26.4. The average molecular weight is 1210 g/mol. The standard InChI is InChI=1S/C64H88N10O13/c1-63(2,3)86-61(81)69-53(23-13-15-33-65-59(79)83-45-47-19-9-7-10-20-47)57(77)73-37-17-35-71-39-41-72(42-40-71)36-18-38-74(44-56(76)68-50-27-31-52(32-28-50)85-51-29-25-49(26-30-51)67-55(75)43-73)58(78)54(70-62(82)87-64(4,5)6)24-14-16-34-66-60(80)84-46-48-21-11-8-12-22-48/h7-12,19-22,25-32,53-54H,13-18,23-24,33-46H2,1-6H3,(H,65,79)(H,66,80)(H,67,75)(H,68,76)(H,69,81)(H,70,82)/t53-,54-/m0/s1. The molecule has 6 N–H and O–H groups in total. The molecule has 1 fully saturated rings. The van der Waals surface area contributed by atoms with Crippen LogP contribution in [-0.4, -0.2) is 169 Å². The molecule has 472 valence electrons. The Morgan fingerprint density at radius 2 is 0.851 bits per heavy atom. The van der Waals surface area contributed by atoms with Gasteiger partial charge in [0.05, 0.1) is 13.1 Å². The van der Waals surface area contributed by atoms with E-state index in [0.717, 1.165) is 11.1 Å². The minimum Gasteiger partial charge on any atom is -0.457 e. The molecule has 8 amide bonds. The smallest absolute Gasteiger partial charge is 0.408 e. The minimum absolute atomic E-state index is 0.118. The molecule has 0 spiro atoms. The van der Waals surface area contributed by atoms with Crippen LogP contribution in [0.15, 0.2) is 109 Å². The molecule has 1 saturated heterocycles. The Hall–Kier alpha value is -8.44. The number of ether oxygens (including phenoxy) is 5. The third-order valence-electron chi connectivity index (χ3n) is 13.9. The van der Waals surface area contributed by atoms with Gasteiger partial charge in [-0.05, 0) is 166 Å². The number of carbonyl (C=O) groups is 8. The maximum atomic E-state index is 14.7. The Morgan fingerprint density at radius 1 is 0.483 bits per heavy atom. The molecule has 5 aliphatic heterocycles. The number of rotatable bonds is 18. The molecule has 0 aromatic heterocycles. The molecule has 6 bridgehead atoms. The molecule has 9 rings (SSSR count). The van der Waals surface area contributed by atoms with Gasteiger partial charge in [-0.1, -0.05) is 60.7 Å². The highest BCUT2D eigenvalue weighted by atomic mass is 16.6. The molecule has 2 atom stereocenters. The number of carbonyl (C=O) groups excluding carboxylic acids is 8. The summed E-state index contributed by atoms with van der Waals surface area (Å²) in [5.41, 5.74) is 0.912. The summed E-state index contributed by atoms with van der Waals surface area (Å²) in [5, 5.41) is 16.8. The molecule has 4 aromatic carbocycles. The molecule has 5 aliphatic rings. The Morgan fingerprint density at radius 3 is 1.21 bits per heavy atom. The van der Waals surface area contributed by atoms with E-state index in [-0.39, 0.29) is 65.3 Å². The maximum Gasteiger partial charge on any atom is 0.408 e. The summed E-state index contributed by atoms with van der Waals surface area (Å²) in [5.74, 6) is -0.913. The summed E-state index contributed by atoms with van der Waals surface area (Å²) in [6.07, 6.45) is 0.495. The Labute approximate surface area is 510 Å². The van der Waals surface area contributed by atoms with Gasteiger partial charge in [-0.25, -0.2) is 19.2 Å². The zero-order chi connectivity index (χ0) is 62.6. The van der Waals surface area contributed by atoms with Crippen molar-refractivity contribution in [1.29, 1.82) is 0 Å². The van der Waals surface area contributed by atoms with Crippen molar-refractivity contribution in [2.75, 3.05) is 89.2 Å². The third-order valence-corrected chi connectivity index (χ3v) is 13.9. The Bertz CT molecular complexity index is 2630. The summed E-state index contributed by atoms with van der Waals surface area (Å²) >= 11 is 0. The van der Waals surface area contributed by atoms with E-state index >= 15 is 0 Å². The summed E-state index contributed by atoms with van der Waals surface area (Å²) in [6, 6.07) is 29.9. The van der Waals surface area contributed by atoms with Crippen molar-refractivity contribution in [2.24, 2.45) is 0 Å². The number of benzene rings is 4. The lowest BCUT2D eigenvalue weighted by atomic mass is 10.1. The normalized spacial score (nSPS) is 17.0. The van der Waals surface area contributed by atoms with E-state index in [1.165, 1.54) is 9.80 Å². The Kier molecular flexibility index (Phi) is 26.9. The molecule has 0 saturated carbocycles. The number of alkyl carbamates (subject to hydrolysis) is 4. The number of anilines is 2. The van der Waals surface area contributed by atoms with E-state index in [4.69, 9.17) is 23.7 Å². The molecule has 87 heavy (non-hydrogen) atoms. The second kappa shape index (κ2) is 34.6. The average Bonchev–Trinajstić information content (AvgIpc) is 3.42. The second-order valence-corrected chi connectivity index (χ2v) is 23.5. The van der Waals surface area contributed by atoms with E-state index in [9.17, 15) is 38.4 Å². The van der Waals surface area contributed by atoms with Crippen LogP contribution >= 0.6 is 0 Å². The number of fused-ring (bicyclic) bond motifs is 3. The predicted octanol–water partition coefficient (Wildman–Crippen LogP) is 8.40. The van der Waals surface area contributed by atoms with E-state index in [0.29, 0.717) is 101 Å². The van der Waals surface area contributed by atoms with Crippen LogP contribution in [0.5, 0.6) is 11.5 Å². The second-order valence-electron chi connectivity index (χ2n) is 23.5. The van der Waals surface area contributed by atoms with Crippen LogP contribution in [0.2, 0.25) is 0 Å². The zero-order valence-corrected chi connectivity index (χ0v) is 51.2. The molecule has 5 heterocycles. The fourth-order valence-electron chi connectivity index (χ4n) is 9.57. The van der Waals surface area contributed by atoms with Crippen LogP contribution in [0.1, 0.15) is 104 Å². The van der Waals surface area contributed by atoms with Crippen LogP contribution in [0, 0.1) is 0 Å². The quantitative estimate of drug-likeness (QED) is 0.0403. The summed E-state index contributed by atoms with van der Waals surface area (Å²) in [4.78, 5) is 116. The molecular weight excluding hydrogens is 1120 g/mol. The highest BCUT2D eigenvalue weighted by molar-refractivity contribution is 5.97. The van der Waals surface area contributed by atoms with Crippen molar-refractivity contribution in [3.8, 4) is 11.5 Å². The molecule has 0 radical (unpaired) electrons. The van der Waals surface area contributed by atoms with E-state index < -0.39 is 71.3 Å². The summed E-state index contributed by atoms with van der Waals surface area (Å²) < 4.78 is 27.9. The lowest BCUT2D eigenvalue weighted by Crippen LogP contribution is -2.52. The van der Waals surface area contributed by atoms with Crippen molar-refractivity contribution in [2.45, 2.75) is 129 Å². The van der Waals surface area contributed by atoms with Gasteiger partial charge >= 0.3 is 24.4 Å². The highest BCUT2D eigenvalue weighted by Gasteiger charge is 2.32. The largest absolute Gasteiger partial charge is 0.457 e. The van der Waals surface area contributed by atoms with Crippen molar-refractivity contribution in [3.05, 3.63) is 120 Å². The van der Waals surface area contributed by atoms with Gasteiger partial charge < -0.3 is 75.2 Å². The monoisotopic (exact) mass is 1200 g/mol. The fourth-order valence-corrected chi connectivity index (χ4v) is 9.57. The van der Waals surface area contributed by atoms with Crippen molar-refractivity contribution < 1.29 is 62.0 Å². The number of piperazine rings is 1. The molecule has 4 aromatic rings. The van der Waals surface area contributed by atoms with Crippen LogP contribution < -0.4 is 36.6 Å². The SMILES string of the molecule is CC(C)(C)OC(=O)N[C@@H](CCCCNC(=O)OCc1ccccc1)C(=O)N1CCCN2CCN(CCCN(C(=O)[C@H](CCCCNC(=O)OCc3ccccc3)NC(=O)OC(C)(C)C)CC(=O)Nc3ccc(cc3)Oc3ccc(cc3)NC(=O)C1)CC2. The number of unbranched alkanes of at least 4 members (excludes halogenated alkanes) is 2. The van der Waals surface area contributed by atoms with Gasteiger partial charge in [-0.15, -0.1) is 0 Å². The molecule has 0 aliphatic carbocycles. The number of nitrogens with one attached hydrogen (secondary N) is 6. The first-order valence-electron chi connectivity index (χ1n) is 30.0. The van der Waals surface area contributed by atoms with Crippen LogP contribution in [0.3, 0.4) is 0 Å². The number of nitrogens with zero attached hydrogens (tertiary/aromatic N) is 4. The van der Waals surface area contributed by atoms with Crippen molar-refractivity contribution in [3.63, 3.8) is 0 Å². The van der Waals surface area contributed by atoms with E-state index in [1.54, 1.807) is 90.1 Å². The first-order valence-corrected chi connectivity index (χ1v) is 30.0. The van der Waals surface area contributed by atoms with Gasteiger partial charge in [-0.3, -0.25) is 19.2 Å². The first-order chi connectivity index (χ1) is 41.6. The predicted molar refractivity (Wildman–Crippen MR) is 329 cm³/mol. The summed E-state index contributed by atoms with van der Waals surface area (Å²) in [6.45, 7) is 14.9. The van der Waals surface area contributed by atoms with Crippen molar-refractivity contribution >= 4 is 59.4 Å². The topological polar surface area (TPSA) is 268 Å². The Balaban J connectivity index is 1.13. The number of hydrogen-bond acceptors (Lipinski definition) is 15. The maximum absolute atomic E-state index is 14.7. The van der Waals surface area contributed by atoms with Gasteiger partial charge in [0.25, 0.3) is 0 Å². The van der Waals surface area contributed by atoms with Gasteiger partial charge in [0.1, 0.15) is 48.0 Å². The van der Waals surface area contributed by atoms with E-state index in [1.807, 2.05) is 60.7 Å². The molecular formula is C64H88N10O13. The van der Waals surface area contributed by atoms with Crippen LogP contribution in [-0.2, 0) is 51.3 Å². The highest BCUT2D eigenvalue weighted by Crippen LogP contribution is 2.25. The van der Waals surface area contributed by atoms with Gasteiger partial charge in [0.2, 0.25) is 23.6 Å². The van der Waals surface area contributed by atoms with Gasteiger partial charge in [0, 0.05) is 63.7 Å². The lowest BCUT2D eigenvalue weighted by molar-refractivity contribution is -0.137. The van der Waals surface area contributed by atoms with Crippen molar-refractivity contribution in [1.82, 2.24) is 40.9 Å².